The Morgan fingerprint density at radius 2 is 1.89 bits per heavy atom. The lowest BCUT2D eigenvalue weighted by Crippen LogP contribution is -2.37. The molecule has 1 unspecified atom stereocenters. The molecule has 0 aliphatic rings. The number of aromatic amines is 1. The fourth-order valence-corrected chi connectivity index (χ4v) is 4.33. The number of benzene rings is 2. The summed E-state index contributed by atoms with van der Waals surface area (Å²) in [4.78, 5) is 35.9. The van der Waals surface area contributed by atoms with Gasteiger partial charge < -0.3 is 19.9 Å². The number of amides is 1. The second-order valence-electron chi connectivity index (χ2n) is 7.10. The number of nitrogens with one attached hydrogen (secondary N) is 2. The Morgan fingerprint density at radius 3 is 2.61 bits per heavy atom. The summed E-state index contributed by atoms with van der Waals surface area (Å²) in [5.74, 6) is -0.119. The summed E-state index contributed by atoms with van der Waals surface area (Å²) >= 11 is 0. The zero-order chi connectivity index (χ0) is 20.1. The fourth-order valence-electron chi connectivity index (χ4n) is 2.97. The topological polar surface area (TPSA) is 85.3 Å². The minimum absolute atomic E-state index is 0.109. The van der Waals surface area contributed by atoms with Crippen molar-refractivity contribution < 1.29 is 14.4 Å². The van der Waals surface area contributed by atoms with E-state index in [9.17, 15) is 14.4 Å². The van der Waals surface area contributed by atoms with Crippen LogP contribution in [-0.4, -0.2) is 29.0 Å². The zero-order valence-electron chi connectivity index (χ0n) is 16.1. The minimum atomic E-state index is -3.33. The van der Waals surface area contributed by atoms with Gasteiger partial charge in [-0.3, -0.25) is 4.79 Å². The van der Waals surface area contributed by atoms with Gasteiger partial charge in [-0.1, -0.05) is 68.8 Å². The molecule has 1 aromatic heterocycles. The van der Waals surface area contributed by atoms with E-state index in [0.29, 0.717) is 12.1 Å². The standard InChI is InChI=1S/C22H26N2O3Si/c1-3-16(2)28(26,27)13-12-17-8-10-18(11-9-17)14-24-22(25)20-15-23-21-7-5-4-6-19(20)21/h4-13,15-16,23,26-27H,3,14H2,1-2H3,(H,24,25). The first kappa shape index (κ1) is 20.1. The fraction of sp³-hybridized carbons (Fsp3) is 0.227. The third kappa shape index (κ3) is 4.59. The van der Waals surface area contributed by atoms with Gasteiger partial charge in [-0.15, -0.1) is 0 Å². The molecule has 2 aromatic carbocycles. The molecule has 28 heavy (non-hydrogen) atoms. The Labute approximate surface area is 166 Å². The van der Waals surface area contributed by atoms with E-state index in [1.807, 2.05) is 62.4 Å². The molecule has 0 spiro atoms. The second kappa shape index (κ2) is 8.56. The maximum atomic E-state index is 12.5. The molecule has 6 heteroatoms. The van der Waals surface area contributed by atoms with Crippen LogP contribution >= 0.6 is 0 Å². The predicted molar refractivity (Wildman–Crippen MR) is 115 cm³/mol. The highest BCUT2D eigenvalue weighted by Gasteiger charge is 2.32. The first-order chi connectivity index (χ1) is 13.4. The van der Waals surface area contributed by atoms with E-state index in [-0.39, 0.29) is 11.4 Å². The van der Waals surface area contributed by atoms with Crippen molar-refractivity contribution in [1.82, 2.24) is 10.3 Å². The van der Waals surface area contributed by atoms with E-state index in [0.717, 1.165) is 28.5 Å². The third-order valence-electron chi connectivity index (χ3n) is 5.13. The van der Waals surface area contributed by atoms with Crippen LogP contribution in [0.4, 0.5) is 0 Å². The molecule has 4 N–H and O–H groups in total. The molecule has 3 aromatic rings. The van der Waals surface area contributed by atoms with Crippen LogP contribution in [0.3, 0.4) is 0 Å². The Balaban J connectivity index is 1.61. The summed E-state index contributed by atoms with van der Waals surface area (Å²) in [5, 5.41) is 3.85. The number of aromatic nitrogens is 1. The summed E-state index contributed by atoms with van der Waals surface area (Å²) in [6.07, 6.45) is 4.22. The molecule has 0 bridgehead atoms. The molecule has 0 fully saturated rings. The van der Waals surface area contributed by atoms with Crippen LogP contribution in [0.5, 0.6) is 0 Å². The molecule has 5 nitrogen and oxygen atoms in total. The van der Waals surface area contributed by atoms with Crippen molar-refractivity contribution in [2.24, 2.45) is 0 Å². The van der Waals surface area contributed by atoms with Crippen molar-refractivity contribution in [2.45, 2.75) is 32.4 Å². The molecule has 1 atom stereocenters. The van der Waals surface area contributed by atoms with Crippen molar-refractivity contribution in [1.29, 1.82) is 0 Å². The van der Waals surface area contributed by atoms with Gasteiger partial charge in [0.1, 0.15) is 0 Å². The lowest BCUT2D eigenvalue weighted by molar-refractivity contribution is 0.0952. The predicted octanol–water partition coefficient (Wildman–Crippen LogP) is 3.88. The number of rotatable bonds is 7. The van der Waals surface area contributed by atoms with Gasteiger partial charge in [0.25, 0.3) is 5.91 Å². The van der Waals surface area contributed by atoms with Gasteiger partial charge in [-0.05, 0) is 22.9 Å². The van der Waals surface area contributed by atoms with E-state index in [4.69, 9.17) is 0 Å². The SMILES string of the molecule is CCC(C)[Si](O)(O)C=Cc1ccc(CNC(=O)c2c[nH]c3ccccc23)cc1. The highest BCUT2D eigenvalue weighted by molar-refractivity contribution is 6.72. The average Bonchev–Trinajstić information content (AvgIpc) is 3.15. The number of carbonyl (C=O) groups is 1. The Bertz CT molecular complexity index is 977. The number of carbonyl (C=O) groups excluding carboxylic acids is 1. The van der Waals surface area contributed by atoms with E-state index in [2.05, 4.69) is 10.3 Å². The number of hydrogen-bond acceptors (Lipinski definition) is 3. The van der Waals surface area contributed by atoms with Crippen LogP contribution in [0.1, 0.15) is 41.8 Å². The maximum absolute atomic E-state index is 12.5. The molecule has 146 valence electrons. The molecule has 0 aliphatic carbocycles. The van der Waals surface area contributed by atoms with Gasteiger partial charge in [0.15, 0.2) is 0 Å². The summed E-state index contributed by atoms with van der Waals surface area (Å²) < 4.78 is 0. The largest absolute Gasteiger partial charge is 0.408 e. The highest BCUT2D eigenvalue weighted by atomic mass is 28.4. The van der Waals surface area contributed by atoms with Gasteiger partial charge >= 0.3 is 8.56 Å². The number of hydrogen-bond donors (Lipinski definition) is 4. The monoisotopic (exact) mass is 394 g/mol. The maximum Gasteiger partial charge on any atom is 0.362 e. The molecule has 0 radical (unpaired) electrons. The Hall–Kier alpha value is -2.67. The van der Waals surface area contributed by atoms with Crippen molar-refractivity contribution in [2.75, 3.05) is 0 Å². The lowest BCUT2D eigenvalue weighted by atomic mass is 10.1. The van der Waals surface area contributed by atoms with Crippen LogP contribution in [0.25, 0.3) is 17.0 Å². The smallest absolute Gasteiger partial charge is 0.362 e. The first-order valence-corrected chi connectivity index (χ1v) is 11.5. The lowest BCUT2D eigenvalue weighted by Gasteiger charge is -2.19. The summed E-state index contributed by atoms with van der Waals surface area (Å²) in [5.41, 5.74) is 4.89. The quantitative estimate of drug-likeness (QED) is 0.459. The number of H-pyrrole nitrogens is 1. The molecule has 0 saturated heterocycles. The first-order valence-electron chi connectivity index (χ1n) is 9.48. The van der Waals surface area contributed by atoms with Crippen molar-refractivity contribution in [3.63, 3.8) is 0 Å². The normalized spacial score (nSPS) is 13.1. The molecule has 1 amide bonds. The average molecular weight is 395 g/mol. The van der Waals surface area contributed by atoms with Gasteiger partial charge in [-0.25, -0.2) is 0 Å². The Kier molecular flexibility index (Phi) is 6.14. The number of fused-ring (bicyclic) bond motifs is 1. The van der Waals surface area contributed by atoms with Crippen molar-refractivity contribution in [3.8, 4) is 0 Å². The van der Waals surface area contributed by atoms with E-state index in [1.54, 1.807) is 18.0 Å². The summed E-state index contributed by atoms with van der Waals surface area (Å²) in [6.45, 7) is 4.23. The van der Waals surface area contributed by atoms with Crippen molar-refractivity contribution >= 4 is 31.4 Å². The van der Waals surface area contributed by atoms with Gasteiger partial charge in [0.05, 0.1) is 5.56 Å². The highest BCUT2D eigenvalue weighted by Crippen LogP contribution is 2.22. The molecular formula is C22H26N2O3Si. The molecule has 3 rings (SSSR count). The van der Waals surface area contributed by atoms with Gasteiger partial charge in [-0.2, -0.15) is 0 Å². The van der Waals surface area contributed by atoms with Crippen LogP contribution in [0.15, 0.2) is 60.4 Å². The summed E-state index contributed by atoms with van der Waals surface area (Å²) in [7, 11) is -3.33. The third-order valence-corrected chi connectivity index (χ3v) is 7.64. The Morgan fingerprint density at radius 1 is 1.18 bits per heavy atom. The molecular weight excluding hydrogens is 368 g/mol. The van der Waals surface area contributed by atoms with E-state index < -0.39 is 8.56 Å². The van der Waals surface area contributed by atoms with Gasteiger partial charge in [0, 0.05) is 29.2 Å². The van der Waals surface area contributed by atoms with E-state index >= 15 is 0 Å². The van der Waals surface area contributed by atoms with Crippen LogP contribution in [0, 0.1) is 0 Å². The van der Waals surface area contributed by atoms with Crippen LogP contribution in [0.2, 0.25) is 5.54 Å². The van der Waals surface area contributed by atoms with Crippen LogP contribution in [-0.2, 0) is 6.54 Å². The van der Waals surface area contributed by atoms with Gasteiger partial charge in [0.2, 0.25) is 0 Å². The van der Waals surface area contributed by atoms with Crippen molar-refractivity contribution in [3.05, 3.63) is 77.1 Å². The minimum Gasteiger partial charge on any atom is -0.408 e. The van der Waals surface area contributed by atoms with Crippen LogP contribution < -0.4 is 5.32 Å². The summed E-state index contributed by atoms with van der Waals surface area (Å²) in [6, 6.07) is 15.4. The molecule has 0 saturated carbocycles. The zero-order valence-corrected chi connectivity index (χ0v) is 17.1. The van der Waals surface area contributed by atoms with E-state index in [1.165, 1.54) is 0 Å². The molecule has 1 heterocycles. The molecule has 0 aliphatic heterocycles. The second-order valence-corrected chi connectivity index (χ2v) is 9.98. The number of para-hydroxylation sites is 1.